The predicted octanol–water partition coefficient (Wildman–Crippen LogP) is 0.374. The summed E-state index contributed by atoms with van der Waals surface area (Å²) < 4.78 is 5.22. The zero-order valence-corrected chi connectivity index (χ0v) is 7.49. The number of benzene rings is 1. The zero-order valence-electron chi connectivity index (χ0n) is 7.49. The SMILES string of the molecule is O=C1OC2NNCC2c2ccccc21. The van der Waals surface area contributed by atoms with Gasteiger partial charge in [-0.15, -0.1) is 0 Å². The largest absolute Gasteiger partial charge is 0.441 e. The molecule has 0 amide bonds. The normalized spacial score (nSPS) is 29.3. The second-order valence-electron chi connectivity index (χ2n) is 3.54. The van der Waals surface area contributed by atoms with E-state index in [-0.39, 0.29) is 18.1 Å². The maximum atomic E-state index is 11.5. The molecular formula is C10H10N2O2. The van der Waals surface area contributed by atoms with E-state index in [2.05, 4.69) is 10.9 Å². The number of rotatable bonds is 0. The van der Waals surface area contributed by atoms with Crippen LogP contribution < -0.4 is 10.9 Å². The van der Waals surface area contributed by atoms with E-state index in [4.69, 9.17) is 4.74 Å². The van der Waals surface area contributed by atoms with Crippen LogP contribution in [0.3, 0.4) is 0 Å². The topological polar surface area (TPSA) is 50.4 Å². The van der Waals surface area contributed by atoms with Gasteiger partial charge >= 0.3 is 5.97 Å². The fraction of sp³-hybridized carbons (Fsp3) is 0.300. The van der Waals surface area contributed by atoms with E-state index in [0.717, 1.165) is 12.1 Å². The number of nitrogens with one attached hydrogen (secondary N) is 2. The van der Waals surface area contributed by atoms with Gasteiger partial charge in [0, 0.05) is 6.54 Å². The molecule has 4 nitrogen and oxygen atoms in total. The Hall–Kier alpha value is -1.39. The third-order valence-corrected chi connectivity index (χ3v) is 2.75. The van der Waals surface area contributed by atoms with Gasteiger partial charge in [0.05, 0.1) is 11.5 Å². The van der Waals surface area contributed by atoms with Gasteiger partial charge in [-0.05, 0) is 11.6 Å². The van der Waals surface area contributed by atoms with Crippen molar-refractivity contribution in [3.63, 3.8) is 0 Å². The molecule has 2 aliphatic heterocycles. The smallest absolute Gasteiger partial charge is 0.340 e. The Morgan fingerprint density at radius 1 is 1.36 bits per heavy atom. The Balaban J connectivity index is 2.13. The lowest BCUT2D eigenvalue weighted by Gasteiger charge is -2.26. The van der Waals surface area contributed by atoms with Crippen LogP contribution in [0.4, 0.5) is 0 Å². The second kappa shape index (κ2) is 2.80. The first-order valence-corrected chi connectivity index (χ1v) is 4.64. The van der Waals surface area contributed by atoms with Crippen molar-refractivity contribution in [1.29, 1.82) is 0 Å². The van der Waals surface area contributed by atoms with Crippen molar-refractivity contribution >= 4 is 5.97 Å². The summed E-state index contributed by atoms with van der Waals surface area (Å²) in [5, 5.41) is 0. The molecule has 0 spiro atoms. The van der Waals surface area contributed by atoms with Crippen molar-refractivity contribution in [3.8, 4) is 0 Å². The molecule has 2 unspecified atom stereocenters. The van der Waals surface area contributed by atoms with Gasteiger partial charge in [-0.3, -0.25) is 5.43 Å². The molecule has 3 rings (SSSR count). The van der Waals surface area contributed by atoms with Crippen molar-refractivity contribution < 1.29 is 9.53 Å². The summed E-state index contributed by atoms with van der Waals surface area (Å²) in [6.07, 6.45) is -0.211. The number of hydrazine groups is 1. The van der Waals surface area contributed by atoms with Gasteiger partial charge in [-0.2, -0.15) is 0 Å². The van der Waals surface area contributed by atoms with Crippen molar-refractivity contribution in [2.75, 3.05) is 6.54 Å². The van der Waals surface area contributed by atoms with Crippen LogP contribution in [0.5, 0.6) is 0 Å². The molecule has 0 radical (unpaired) electrons. The minimum Gasteiger partial charge on any atom is -0.441 e. The highest BCUT2D eigenvalue weighted by atomic mass is 16.6. The highest BCUT2D eigenvalue weighted by Crippen LogP contribution is 2.31. The summed E-state index contributed by atoms with van der Waals surface area (Å²) >= 11 is 0. The molecular weight excluding hydrogens is 180 g/mol. The molecule has 14 heavy (non-hydrogen) atoms. The summed E-state index contributed by atoms with van der Waals surface area (Å²) in [6.45, 7) is 0.801. The highest BCUT2D eigenvalue weighted by Gasteiger charge is 2.38. The van der Waals surface area contributed by atoms with Gasteiger partial charge in [0.2, 0.25) is 0 Å². The fourth-order valence-electron chi connectivity index (χ4n) is 2.05. The summed E-state index contributed by atoms with van der Waals surface area (Å²) in [5.74, 6) is 0.00181. The molecule has 1 saturated heterocycles. The van der Waals surface area contributed by atoms with Crippen molar-refractivity contribution in [2.45, 2.75) is 12.1 Å². The van der Waals surface area contributed by atoms with Crippen molar-refractivity contribution in [3.05, 3.63) is 35.4 Å². The second-order valence-corrected chi connectivity index (χ2v) is 3.54. The third kappa shape index (κ3) is 0.981. The van der Waals surface area contributed by atoms with E-state index in [1.807, 2.05) is 24.3 Å². The van der Waals surface area contributed by atoms with E-state index >= 15 is 0 Å². The lowest BCUT2D eigenvalue weighted by Crippen LogP contribution is -2.38. The van der Waals surface area contributed by atoms with Gasteiger partial charge < -0.3 is 4.74 Å². The molecule has 72 valence electrons. The molecule has 2 aliphatic rings. The Labute approximate surface area is 81.2 Å². The van der Waals surface area contributed by atoms with Crippen LogP contribution in [0, 0.1) is 0 Å². The Morgan fingerprint density at radius 3 is 3.14 bits per heavy atom. The van der Waals surface area contributed by atoms with Crippen LogP contribution in [-0.2, 0) is 4.74 Å². The number of fused-ring (bicyclic) bond motifs is 3. The standard InChI is InChI=1S/C10H10N2O2/c13-10-7-4-2-1-3-6(7)8-5-11-12-9(8)14-10/h1-4,8-9,11-12H,5H2. The zero-order chi connectivity index (χ0) is 9.54. The van der Waals surface area contributed by atoms with E-state index in [1.165, 1.54) is 0 Å². The molecule has 4 heteroatoms. The molecule has 1 fully saturated rings. The molecule has 1 aromatic carbocycles. The lowest BCUT2D eigenvalue weighted by molar-refractivity contribution is 0.0161. The van der Waals surface area contributed by atoms with Crippen LogP contribution in [-0.4, -0.2) is 18.7 Å². The Bertz CT molecular complexity index is 391. The number of hydrogen-bond acceptors (Lipinski definition) is 4. The molecule has 1 aromatic rings. The van der Waals surface area contributed by atoms with Gasteiger partial charge in [-0.25, -0.2) is 10.2 Å². The third-order valence-electron chi connectivity index (χ3n) is 2.75. The quantitative estimate of drug-likeness (QED) is 0.580. The summed E-state index contributed by atoms with van der Waals surface area (Å²) in [6, 6.07) is 7.61. The first-order valence-electron chi connectivity index (χ1n) is 4.64. The minimum atomic E-state index is -0.238. The summed E-state index contributed by atoms with van der Waals surface area (Å²) in [7, 11) is 0. The van der Waals surface area contributed by atoms with E-state index in [9.17, 15) is 4.79 Å². The average molecular weight is 190 g/mol. The molecule has 0 aromatic heterocycles. The number of carbonyl (C=O) groups excluding carboxylic acids is 1. The lowest BCUT2D eigenvalue weighted by atomic mass is 9.91. The van der Waals surface area contributed by atoms with E-state index in [1.54, 1.807) is 0 Å². The van der Waals surface area contributed by atoms with Crippen LogP contribution in [0.15, 0.2) is 24.3 Å². The monoisotopic (exact) mass is 190 g/mol. The number of carbonyl (C=O) groups is 1. The minimum absolute atomic E-state index is 0.211. The van der Waals surface area contributed by atoms with Gasteiger partial charge in [0.1, 0.15) is 0 Å². The van der Waals surface area contributed by atoms with Crippen LogP contribution in [0.1, 0.15) is 21.8 Å². The molecule has 0 saturated carbocycles. The summed E-state index contributed by atoms with van der Waals surface area (Å²) in [4.78, 5) is 11.5. The molecule has 2 N–H and O–H groups in total. The number of ether oxygens (including phenoxy) is 1. The van der Waals surface area contributed by atoms with Crippen molar-refractivity contribution in [1.82, 2.24) is 10.9 Å². The number of esters is 1. The molecule has 2 atom stereocenters. The highest BCUT2D eigenvalue weighted by molar-refractivity contribution is 5.92. The fourth-order valence-corrected chi connectivity index (χ4v) is 2.05. The molecule has 0 aliphatic carbocycles. The predicted molar refractivity (Wildman–Crippen MR) is 49.5 cm³/mol. The van der Waals surface area contributed by atoms with E-state index < -0.39 is 0 Å². The molecule has 0 bridgehead atoms. The van der Waals surface area contributed by atoms with Gasteiger partial charge in [0.25, 0.3) is 0 Å². The van der Waals surface area contributed by atoms with Crippen LogP contribution in [0.2, 0.25) is 0 Å². The Morgan fingerprint density at radius 2 is 2.21 bits per heavy atom. The van der Waals surface area contributed by atoms with Crippen LogP contribution >= 0.6 is 0 Å². The summed E-state index contributed by atoms with van der Waals surface area (Å²) in [5.41, 5.74) is 7.70. The van der Waals surface area contributed by atoms with Gasteiger partial charge in [0.15, 0.2) is 6.23 Å². The number of hydrogen-bond donors (Lipinski definition) is 2. The molecule has 2 heterocycles. The average Bonchev–Trinajstić information content (AvgIpc) is 2.66. The van der Waals surface area contributed by atoms with E-state index in [0.29, 0.717) is 5.56 Å². The maximum Gasteiger partial charge on any atom is 0.340 e. The van der Waals surface area contributed by atoms with Crippen molar-refractivity contribution in [2.24, 2.45) is 0 Å². The first-order chi connectivity index (χ1) is 6.86. The Kier molecular flexibility index (Phi) is 1.59. The van der Waals surface area contributed by atoms with Gasteiger partial charge in [-0.1, -0.05) is 18.2 Å². The maximum absolute atomic E-state index is 11.5. The first kappa shape index (κ1) is 7.96. The van der Waals surface area contributed by atoms with Crippen LogP contribution in [0.25, 0.3) is 0 Å².